The van der Waals surface area contributed by atoms with E-state index in [-0.39, 0.29) is 6.42 Å². The van der Waals surface area contributed by atoms with Gasteiger partial charge in [0.25, 0.3) is 0 Å². The highest BCUT2D eigenvalue weighted by atomic mass is 16.6. The maximum atomic E-state index is 11.6. The standard InChI is InChI=1S/C26H38O2.C22H32O3.C3H7N/c1-2-3-4-5-6-7-8-12-15-18-25-26(28-25)19-16-13-10-9-11-14-17-24(27)22-23-20-21-23;1-2-3-4-5-6-7-8-11-14-17-20-21(25-20)18-15-12-9-10-13-16-19-22(23)24;4-3-1-2-3/h3-4,6-7,9,11-13,15-16,23,25-26H,2,5,8,10,14,17-22H2,1H3;3-4,6-7,10-15,20-21H,2,5,8-9,16-19H2,1H3,(H,23,24);3H,1-2,4H2/b4-3-,7-6-,11-9-,15-12-,16-13-;4-3-,7-6-,13-10-,14-11-,15-12-;. The van der Waals surface area contributed by atoms with Crippen LogP contribution >= 0.6 is 0 Å². The molecule has 2 aliphatic carbocycles. The molecule has 2 heterocycles. The quantitative estimate of drug-likeness (QED) is 0.0555. The summed E-state index contributed by atoms with van der Waals surface area (Å²) in [5, 5.41) is 8.52. The van der Waals surface area contributed by atoms with Crippen LogP contribution in [0.1, 0.15) is 149 Å². The predicted molar refractivity (Wildman–Crippen MR) is 241 cm³/mol. The van der Waals surface area contributed by atoms with E-state index in [4.69, 9.17) is 20.3 Å². The van der Waals surface area contributed by atoms with Gasteiger partial charge in [-0.1, -0.05) is 135 Å². The maximum absolute atomic E-state index is 11.6. The number of nitrogens with two attached hydrogens (primary N) is 1. The van der Waals surface area contributed by atoms with Crippen LogP contribution < -0.4 is 5.73 Å². The molecule has 0 amide bonds. The Balaban J connectivity index is 0.000000359. The number of hydrogen-bond acceptors (Lipinski definition) is 5. The third kappa shape index (κ3) is 34.2. The molecule has 4 unspecified atom stereocenters. The normalized spacial score (nSPS) is 22.1. The second-order valence-electron chi connectivity index (χ2n) is 15.3. The molecule has 2 saturated carbocycles. The smallest absolute Gasteiger partial charge is 0.303 e. The predicted octanol–water partition coefficient (Wildman–Crippen LogP) is 12.9. The summed E-state index contributed by atoms with van der Waals surface area (Å²) in [5.74, 6) is 0.415. The minimum Gasteiger partial charge on any atom is -0.481 e. The van der Waals surface area contributed by atoms with Crippen molar-refractivity contribution < 1.29 is 24.2 Å². The molecule has 316 valence electrons. The number of carbonyl (C=O) groups is 2. The fraction of sp³-hybridized carbons (Fsp3) is 0.569. The highest BCUT2D eigenvalue weighted by Gasteiger charge is 2.36. The Kier molecular flexibility index (Phi) is 30.0. The lowest BCUT2D eigenvalue weighted by Gasteiger charge is -1.95. The molecule has 57 heavy (non-hydrogen) atoms. The lowest BCUT2D eigenvalue weighted by atomic mass is 10.1. The van der Waals surface area contributed by atoms with Crippen molar-refractivity contribution >= 4 is 11.8 Å². The summed E-state index contributed by atoms with van der Waals surface area (Å²) in [5.41, 5.74) is 5.22. The Morgan fingerprint density at radius 3 is 1.12 bits per heavy atom. The zero-order valence-corrected chi connectivity index (χ0v) is 35.5. The van der Waals surface area contributed by atoms with Crippen molar-refractivity contribution in [2.24, 2.45) is 11.7 Å². The first-order chi connectivity index (χ1) is 27.9. The number of ketones is 1. The number of ether oxygens (including phenoxy) is 2. The van der Waals surface area contributed by atoms with Gasteiger partial charge in [0.15, 0.2) is 0 Å². The minimum absolute atomic E-state index is 0.205. The number of rotatable bonds is 30. The van der Waals surface area contributed by atoms with Crippen molar-refractivity contribution in [3.63, 3.8) is 0 Å². The van der Waals surface area contributed by atoms with Gasteiger partial charge in [-0.15, -0.1) is 0 Å². The highest BCUT2D eigenvalue weighted by molar-refractivity contribution is 5.79. The van der Waals surface area contributed by atoms with Crippen LogP contribution in [0.5, 0.6) is 0 Å². The van der Waals surface area contributed by atoms with E-state index in [0.29, 0.717) is 49.1 Å². The van der Waals surface area contributed by atoms with Gasteiger partial charge in [0.2, 0.25) is 0 Å². The van der Waals surface area contributed by atoms with Crippen LogP contribution in [0.15, 0.2) is 122 Å². The molecule has 4 fully saturated rings. The zero-order chi connectivity index (χ0) is 41.0. The van der Waals surface area contributed by atoms with Gasteiger partial charge in [0.05, 0.1) is 24.4 Å². The third-order valence-corrected chi connectivity index (χ3v) is 9.57. The Morgan fingerprint density at radius 1 is 0.491 bits per heavy atom. The number of carboxylic acid groups (broad SMARTS) is 1. The molecule has 0 aromatic rings. The molecule has 4 atom stereocenters. The van der Waals surface area contributed by atoms with Crippen molar-refractivity contribution in [3.8, 4) is 0 Å². The van der Waals surface area contributed by atoms with Gasteiger partial charge in [-0.25, -0.2) is 0 Å². The van der Waals surface area contributed by atoms with Crippen LogP contribution in [0.4, 0.5) is 0 Å². The molecular formula is C51H77NO5. The number of carbonyl (C=O) groups excluding carboxylic acids is 1. The summed E-state index contributed by atoms with van der Waals surface area (Å²) in [6.07, 6.45) is 65.4. The van der Waals surface area contributed by atoms with Crippen molar-refractivity contribution in [3.05, 3.63) is 122 Å². The summed E-state index contributed by atoms with van der Waals surface area (Å²) in [4.78, 5) is 22.0. The minimum atomic E-state index is -0.744. The Labute approximate surface area is 347 Å². The number of aliphatic carboxylic acids is 1. The van der Waals surface area contributed by atoms with E-state index in [1.165, 1.54) is 25.7 Å². The van der Waals surface area contributed by atoms with Crippen molar-refractivity contribution in [1.29, 1.82) is 0 Å². The summed E-state index contributed by atoms with van der Waals surface area (Å²) >= 11 is 0. The summed E-state index contributed by atoms with van der Waals surface area (Å²) in [7, 11) is 0. The SMILES string of the molecule is CC/C=C\C/C=C\C/C=C\CC1OC1C/C=C\C/C=C\CCC(=O)CC1CC1.CC/C=C\C/C=C\C/C=C\CC1OC1C/C=C\C/C=C\CCC(=O)O.NC1CC1. The van der Waals surface area contributed by atoms with Gasteiger partial charge < -0.3 is 20.3 Å². The second-order valence-corrected chi connectivity index (χ2v) is 15.3. The first-order valence-corrected chi connectivity index (χ1v) is 22.2. The molecule has 4 rings (SSSR count). The molecule has 0 spiro atoms. The van der Waals surface area contributed by atoms with Crippen LogP contribution in [-0.4, -0.2) is 47.3 Å². The fourth-order valence-electron chi connectivity index (χ4n) is 5.60. The van der Waals surface area contributed by atoms with E-state index >= 15 is 0 Å². The molecule has 0 radical (unpaired) electrons. The van der Waals surface area contributed by atoms with Crippen molar-refractivity contribution in [2.45, 2.75) is 179 Å². The molecule has 2 saturated heterocycles. The fourth-order valence-corrected chi connectivity index (χ4v) is 5.60. The van der Waals surface area contributed by atoms with E-state index in [1.54, 1.807) is 0 Å². The molecule has 0 bridgehead atoms. The van der Waals surface area contributed by atoms with Crippen LogP contribution in [0.3, 0.4) is 0 Å². The average Bonchev–Trinajstić information content (AvgIpc) is 3.96. The second kappa shape index (κ2) is 34.5. The molecule has 0 aromatic heterocycles. The number of epoxide rings is 2. The third-order valence-electron chi connectivity index (χ3n) is 9.57. The number of hydrogen-bond donors (Lipinski definition) is 2. The molecule has 6 nitrogen and oxygen atoms in total. The largest absolute Gasteiger partial charge is 0.481 e. The summed E-state index contributed by atoms with van der Waals surface area (Å²) in [6, 6.07) is 0.583. The molecule has 4 aliphatic rings. The Hall–Kier alpha value is -3.58. The molecule has 6 heteroatoms. The highest BCUT2D eigenvalue weighted by Crippen LogP contribution is 2.33. The number of Topliss-reactive ketones (excluding diaryl/α,β-unsaturated/α-hetero) is 1. The molecule has 2 aliphatic heterocycles. The van der Waals surface area contributed by atoms with Gasteiger partial charge in [-0.2, -0.15) is 0 Å². The van der Waals surface area contributed by atoms with E-state index in [1.807, 2.05) is 12.2 Å². The van der Waals surface area contributed by atoms with E-state index in [2.05, 4.69) is 123 Å². The monoisotopic (exact) mass is 784 g/mol. The zero-order valence-electron chi connectivity index (χ0n) is 35.5. The van der Waals surface area contributed by atoms with Crippen LogP contribution in [-0.2, 0) is 19.1 Å². The lowest BCUT2D eigenvalue weighted by molar-refractivity contribution is -0.136. The average molecular weight is 784 g/mol. The number of carboxylic acids is 1. The molecule has 3 N–H and O–H groups in total. The first-order valence-electron chi connectivity index (χ1n) is 22.2. The van der Waals surface area contributed by atoms with E-state index in [9.17, 15) is 9.59 Å². The summed E-state index contributed by atoms with van der Waals surface area (Å²) < 4.78 is 11.4. The van der Waals surface area contributed by atoms with Crippen molar-refractivity contribution in [2.75, 3.05) is 0 Å². The molecular weight excluding hydrogens is 707 g/mol. The van der Waals surface area contributed by atoms with Crippen LogP contribution in [0.2, 0.25) is 0 Å². The first kappa shape index (κ1) is 49.6. The van der Waals surface area contributed by atoms with Gasteiger partial charge in [0, 0.05) is 25.3 Å². The molecule has 0 aromatic carbocycles. The Bertz CT molecular complexity index is 1350. The van der Waals surface area contributed by atoms with Gasteiger partial charge >= 0.3 is 5.97 Å². The van der Waals surface area contributed by atoms with Gasteiger partial charge in [-0.3, -0.25) is 9.59 Å². The maximum Gasteiger partial charge on any atom is 0.303 e. The van der Waals surface area contributed by atoms with Crippen LogP contribution in [0, 0.1) is 5.92 Å². The summed E-state index contributed by atoms with van der Waals surface area (Å²) in [6.45, 7) is 4.31. The Morgan fingerprint density at radius 2 is 0.807 bits per heavy atom. The van der Waals surface area contributed by atoms with Crippen LogP contribution in [0.25, 0.3) is 0 Å². The van der Waals surface area contributed by atoms with E-state index < -0.39 is 5.97 Å². The van der Waals surface area contributed by atoms with Gasteiger partial charge in [-0.05, 0) is 121 Å². The lowest BCUT2D eigenvalue weighted by Crippen LogP contribution is -1.97. The number of allylic oxidation sites excluding steroid dienone is 16. The van der Waals surface area contributed by atoms with Crippen molar-refractivity contribution in [1.82, 2.24) is 0 Å². The topological polar surface area (TPSA) is 105 Å². The van der Waals surface area contributed by atoms with E-state index in [0.717, 1.165) is 95.8 Å². The van der Waals surface area contributed by atoms with Gasteiger partial charge in [0.1, 0.15) is 5.78 Å².